The Hall–Kier alpha value is -7.22. The Kier molecular flexibility index (Phi) is 8.24. The minimum Gasteiger partial charge on any atom is -0.310 e. The van der Waals surface area contributed by atoms with Gasteiger partial charge < -0.3 is 4.90 Å². The maximum absolute atomic E-state index is 2.37. The molecule has 0 amide bonds. The Morgan fingerprint density at radius 3 is 1.45 bits per heavy atom. The second-order valence-corrected chi connectivity index (χ2v) is 14.1. The molecule has 0 atom stereocenters. The fourth-order valence-corrected chi connectivity index (χ4v) is 8.12. The van der Waals surface area contributed by atoms with E-state index < -0.39 is 0 Å². The number of anilines is 3. The zero-order valence-corrected chi connectivity index (χ0v) is 30.3. The van der Waals surface area contributed by atoms with Gasteiger partial charge in [-0.05, 0) is 119 Å². The summed E-state index contributed by atoms with van der Waals surface area (Å²) in [6.45, 7) is 0. The van der Waals surface area contributed by atoms with Gasteiger partial charge in [-0.2, -0.15) is 0 Å². The fourth-order valence-electron chi connectivity index (χ4n) is 8.12. The Morgan fingerprint density at radius 2 is 0.727 bits per heavy atom. The highest BCUT2D eigenvalue weighted by Gasteiger charge is 2.17. The van der Waals surface area contributed by atoms with Gasteiger partial charge in [-0.1, -0.05) is 182 Å². The zero-order valence-electron chi connectivity index (χ0n) is 30.3. The first-order valence-corrected chi connectivity index (χ1v) is 18.9. The predicted octanol–water partition coefficient (Wildman–Crippen LogP) is 15.3. The molecule has 10 aromatic carbocycles. The van der Waals surface area contributed by atoms with E-state index in [4.69, 9.17) is 0 Å². The lowest BCUT2D eigenvalue weighted by Gasteiger charge is -2.27. The summed E-state index contributed by atoms with van der Waals surface area (Å²) in [6, 6.07) is 81.4. The van der Waals surface area contributed by atoms with Gasteiger partial charge in [-0.3, -0.25) is 0 Å². The fraction of sp³-hybridized carbons (Fsp3) is 0. The van der Waals surface area contributed by atoms with Crippen molar-refractivity contribution in [2.24, 2.45) is 0 Å². The molecule has 10 rings (SSSR count). The predicted molar refractivity (Wildman–Crippen MR) is 235 cm³/mol. The number of hydrogen-bond acceptors (Lipinski definition) is 1. The summed E-state index contributed by atoms with van der Waals surface area (Å²) in [7, 11) is 0. The Labute approximate surface area is 322 Å². The first kappa shape index (κ1) is 32.4. The summed E-state index contributed by atoms with van der Waals surface area (Å²) in [5.74, 6) is 0. The number of rotatable bonds is 7. The molecule has 1 heteroatoms. The van der Waals surface area contributed by atoms with Crippen LogP contribution >= 0.6 is 0 Å². The molecule has 0 saturated carbocycles. The van der Waals surface area contributed by atoms with Crippen molar-refractivity contribution in [3.63, 3.8) is 0 Å². The van der Waals surface area contributed by atoms with Crippen LogP contribution in [0.1, 0.15) is 0 Å². The molecule has 0 spiro atoms. The van der Waals surface area contributed by atoms with E-state index in [-0.39, 0.29) is 0 Å². The molecular formula is C54H37N. The minimum absolute atomic E-state index is 1.10. The molecule has 0 bridgehead atoms. The van der Waals surface area contributed by atoms with Gasteiger partial charge in [0.2, 0.25) is 0 Å². The third-order valence-corrected chi connectivity index (χ3v) is 10.8. The monoisotopic (exact) mass is 699 g/mol. The van der Waals surface area contributed by atoms with Gasteiger partial charge in [0, 0.05) is 17.1 Å². The van der Waals surface area contributed by atoms with Crippen molar-refractivity contribution in [1.29, 1.82) is 0 Å². The average molecular weight is 700 g/mol. The number of nitrogens with zero attached hydrogens (tertiary/aromatic N) is 1. The maximum atomic E-state index is 2.37. The topological polar surface area (TPSA) is 3.24 Å². The molecule has 0 unspecified atom stereocenters. The Bertz CT molecular complexity index is 2950. The molecule has 1 nitrogen and oxygen atoms in total. The third-order valence-electron chi connectivity index (χ3n) is 10.8. The molecule has 0 fully saturated rings. The van der Waals surface area contributed by atoms with Crippen molar-refractivity contribution >= 4 is 49.4 Å². The van der Waals surface area contributed by atoms with E-state index in [0.717, 1.165) is 17.1 Å². The van der Waals surface area contributed by atoms with Crippen LogP contribution in [0, 0.1) is 0 Å². The first-order valence-electron chi connectivity index (χ1n) is 18.9. The summed E-state index contributed by atoms with van der Waals surface area (Å²) < 4.78 is 0. The van der Waals surface area contributed by atoms with Crippen LogP contribution in [0.4, 0.5) is 17.1 Å². The lowest BCUT2D eigenvalue weighted by Crippen LogP contribution is -2.10. The van der Waals surface area contributed by atoms with Crippen LogP contribution in [0.3, 0.4) is 0 Å². The number of hydrogen-bond donors (Lipinski definition) is 0. The second-order valence-electron chi connectivity index (χ2n) is 14.1. The van der Waals surface area contributed by atoms with Crippen LogP contribution in [0.25, 0.3) is 76.8 Å². The Morgan fingerprint density at radius 1 is 0.236 bits per heavy atom. The highest BCUT2D eigenvalue weighted by atomic mass is 15.1. The molecule has 0 aliphatic rings. The van der Waals surface area contributed by atoms with Crippen LogP contribution in [0.2, 0.25) is 0 Å². The average Bonchev–Trinajstić information content (AvgIpc) is 3.27. The summed E-state index contributed by atoms with van der Waals surface area (Å²) >= 11 is 0. The van der Waals surface area contributed by atoms with Crippen LogP contribution in [0.15, 0.2) is 224 Å². The standard InChI is InChI=1S/C54H37N/c1-3-12-38(13-4-1)39-24-30-47(31-25-39)55(49-19-11-18-44(37-49)45-29-34-51-46(36-45)23-22-41-16-7-9-20-50(41)51)48-32-26-43(27-33-48)54-52-21-10-8-17-42(52)28-35-53(54)40-14-5-2-6-15-40/h1-37H. The minimum atomic E-state index is 1.10. The van der Waals surface area contributed by atoms with Gasteiger partial charge in [0.15, 0.2) is 0 Å². The van der Waals surface area contributed by atoms with Gasteiger partial charge >= 0.3 is 0 Å². The summed E-state index contributed by atoms with van der Waals surface area (Å²) in [5, 5.41) is 7.56. The van der Waals surface area contributed by atoms with Gasteiger partial charge in [0.25, 0.3) is 0 Å². The van der Waals surface area contributed by atoms with E-state index >= 15 is 0 Å². The van der Waals surface area contributed by atoms with E-state index in [1.807, 2.05) is 0 Å². The van der Waals surface area contributed by atoms with E-state index in [9.17, 15) is 0 Å². The van der Waals surface area contributed by atoms with Crippen molar-refractivity contribution in [3.05, 3.63) is 224 Å². The van der Waals surface area contributed by atoms with Crippen molar-refractivity contribution < 1.29 is 0 Å². The third kappa shape index (κ3) is 6.12. The molecule has 0 heterocycles. The molecular weight excluding hydrogens is 663 g/mol. The van der Waals surface area contributed by atoms with Gasteiger partial charge in [-0.15, -0.1) is 0 Å². The van der Waals surface area contributed by atoms with E-state index in [1.165, 1.54) is 76.8 Å². The molecule has 0 radical (unpaired) electrons. The highest BCUT2D eigenvalue weighted by molar-refractivity contribution is 6.08. The highest BCUT2D eigenvalue weighted by Crippen LogP contribution is 2.42. The van der Waals surface area contributed by atoms with Crippen LogP contribution in [-0.2, 0) is 0 Å². The van der Waals surface area contributed by atoms with E-state index in [0.29, 0.717) is 0 Å². The van der Waals surface area contributed by atoms with Gasteiger partial charge in [0.05, 0.1) is 0 Å². The summed E-state index contributed by atoms with van der Waals surface area (Å²) in [4.78, 5) is 2.37. The number of fused-ring (bicyclic) bond motifs is 4. The molecule has 10 aromatic rings. The summed E-state index contributed by atoms with van der Waals surface area (Å²) in [5.41, 5.74) is 13.0. The van der Waals surface area contributed by atoms with Crippen molar-refractivity contribution in [2.75, 3.05) is 4.90 Å². The SMILES string of the molecule is c1ccc(-c2ccc(N(c3ccc(-c4c(-c5ccccc5)ccc5ccccc45)cc3)c3cccc(-c4ccc5c(ccc6ccccc65)c4)c3)cc2)cc1. The summed E-state index contributed by atoms with van der Waals surface area (Å²) in [6.07, 6.45) is 0. The first-order chi connectivity index (χ1) is 27.3. The molecule has 0 aliphatic carbocycles. The largest absolute Gasteiger partial charge is 0.310 e. The maximum Gasteiger partial charge on any atom is 0.0467 e. The normalized spacial score (nSPS) is 11.3. The molecule has 55 heavy (non-hydrogen) atoms. The smallest absolute Gasteiger partial charge is 0.0467 e. The molecule has 0 aliphatic heterocycles. The van der Waals surface area contributed by atoms with Crippen molar-refractivity contribution in [1.82, 2.24) is 0 Å². The number of benzene rings is 10. The molecule has 0 aromatic heterocycles. The van der Waals surface area contributed by atoms with Crippen LogP contribution < -0.4 is 4.90 Å². The van der Waals surface area contributed by atoms with Crippen LogP contribution in [0.5, 0.6) is 0 Å². The van der Waals surface area contributed by atoms with Crippen molar-refractivity contribution in [2.45, 2.75) is 0 Å². The second kappa shape index (κ2) is 14.0. The lowest BCUT2D eigenvalue weighted by atomic mass is 9.89. The zero-order chi connectivity index (χ0) is 36.6. The lowest BCUT2D eigenvalue weighted by molar-refractivity contribution is 1.28. The Balaban J connectivity index is 1.09. The van der Waals surface area contributed by atoms with Gasteiger partial charge in [-0.25, -0.2) is 0 Å². The molecule has 258 valence electrons. The quantitative estimate of drug-likeness (QED) is 0.150. The van der Waals surface area contributed by atoms with Gasteiger partial charge in [0.1, 0.15) is 0 Å². The van der Waals surface area contributed by atoms with Crippen molar-refractivity contribution in [3.8, 4) is 44.5 Å². The van der Waals surface area contributed by atoms with E-state index in [1.54, 1.807) is 0 Å². The van der Waals surface area contributed by atoms with Crippen LogP contribution in [-0.4, -0.2) is 0 Å². The molecule has 0 N–H and O–H groups in total. The molecule has 0 saturated heterocycles. The van der Waals surface area contributed by atoms with E-state index in [2.05, 4.69) is 229 Å².